The first-order chi connectivity index (χ1) is 5.63. The highest BCUT2D eigenvalue weighted by Gasteiger charge is 2.25. The van der Waals surface area contributed by atoms with E-state index in [0.717, 1.165) is 17.9 Å². The van der Waals surface area contributed by atoms with Gasteiger partial charge in [-0.05, 0) is 45.2 Å². The Hall–Kier alpha value is -0.0400. The van der Waals surface area contributed by atoms with Gasteiger partial charge in [0.1, 0.15) is 0 Å². The fraction of sp³-hybridized carbons (Fsp3) is 1.00. The first-order valence-corrected chi connectivity index (χ1v) is 5.33. The molecule has 0 N–H and O–H groups in total. The molecule has 1 aliphatic heterocycles. The molecule has 0 radical (unpaired) electrons. The Balaban J connectivity index is 2.58. The van der Waals surface area contributed by atoms with E-state index in [0.29, 0.717) is 0 Å². The molecule has 72 valence electrons. The van der Waals surface area contributed by atoms with Gasteiger partial charge in [-0.3, -0.25) is 0 Å². The second-order valence-electron chi connectivity index (χ2n) is 4.62. The van der Waals surface area contributed by atoms with Crippen LogP contribution in [0.1, 0.15) is 40.0 Å². The molecule has 0 saturated carbocycles. The van der Waals surface area contributed by atoms with E-state index in [4.69, 9.17) is 0 Å². The van der Waals surface area contributed by atoms with Gasteiger partial charge in [-0.1, -0.05) is 20.3 Å². The molecule has 0 aliphatic carbocycles. The highest BCUT2D eigenvalue weighted by molar-refractivity contribution is 4.79. The maximum Gasteiger partial charge on any atom is 0.00945 e. The predicted molar refractivity (Wildman–Crippen MR) is 54.3 cm³/mol. The zero-order valence-electron chi connectivity index (χ0n) is 9.01. The maximum absolute atomic E-state index is 2.53. The quantitative estimate of drug-likeness (QED) is 0.583. The molecular formula is C11H23N. The van der Waals surface area contributed by atoms with E-state index >= 15 is 0 Å². The Labute approximate surface area is 77.1 Å². The second-order valence-corrected chi connectivity index (χ2v) is 4.62. The summed E-state index contributed by atoms with van der Waals surface area (Å²) < 4.78 is 0. The molecule has 1 heterocycles. The van der Waals surface area contributed by atoms with E-state index in [1.54, 1.807) is 0 Å². The average Bonchev–Trinajstić information content (AvgIpc) is 2.15. The van der Waals surface area contributed by atoms with Gasteiger partial charge in [0.25, 0.3) is 0 Å². The van der Waals surface area contributed by atoms with E-state index in [1.807, 2.05) is 0 Å². The summed E-state index contributed by atoms with van der Waals surface area (Å²) in [6, 6.07) is 0.785. The Bertz CT molecular complexity index is 131. The van der Waals surface area contributed by atoms with Gasteiger partial charge in [-0.2, -0.15) is 0 Å². The molecule has 1 saturated heterocycles. The SMILES string of the molecule is CC(C)[C@@H]1CCCCN(C)[C@H]1C. The largest absolute Gasteiger partial charge is 0.303 e. The van der Waals surface area contributed by atoms with Crippen LogP contribution in [-0.4, -0.2) is 24.5 Å². The van der Waals surface area contributed by atoms with Crippen molar-refractivity contribution in [3.8, 4) is 0 Å². The fourth-order valence-electron chi connectivity index (χ4n) is 2.40. The van der Waals surface area contributed by atoms with Crippen LogP contribution in [0.25, 0.3) is 0 Å². The van der Waals surface area contributed by atoms with E-state index in [9.17, 15) is 0 Å². The minimum atomic E-state index is 0.785. The third-order valence-corrected chi connectivity index (χ3v) is 3.47. The van der Waals surface area contributed by atoms with Gasteiger partial charge in [0.05, 0.1) is 0 Å². The van der Waals surface area contributed by atoms with Gasteiger partial charge >= 0.3 is 0 Å². The minimum Gasteiger partial charge on any atom is -0.303 e. The van der Waals surface area contributed by atoms with Gasteiger partial charge < -0.3 is 4.90 Å². The van der Waals surface area contributed by atoms with Gasteiger partial charge in [0, 0.05) is 6.04 Å². The molecule has 2 atom stereocenters. The molecule has 0 aromatic heterocycles. The van der Waals surface area contributed by atoms with Crippen LogP contribution in [0.2, 0.25) is 0 Å². The van der Waals surface area contributed by atoms with Crippen LogP contribution in [-0.2, 0) is 0 Å². The lowest BCUT2D eigenvalue weighted by Gasteiger charge is -2.31. The zero-order chi connectivity index (χ0) is 9.14. The number of likely N-dealkylation sites (tertiary alicyclic amines) is 1. The first kappa shape index (κ1) is 10.0. The summed E-state index contributed by atoms with van der Waals surface area (Å²) in [6.07, 6.45) is 4.25. The second kappa shape index (κ2) is 4.27. The number of nitrogens with zero attached hydrogens (tertiary/aromatic N) is 1. The molecular weight excluding hydrogens is 146 g/mol. The van der Waals surface area contributed by atoms with Crippen molar-refractivity contribution in [3.63, 3.8) is 0 Å². The Morgan fingerprint density at radius 2 is 1.92 bits per heavy atom. The third-order valence-electron chi connectivity index (χ3n) is 3.47. The molecule has 0 amide bonds. The normalized spacial score (nSPS) is 33.8. The Morgan fingerprint density at radius 1 is 1.25 bits per heavy atom. The minimum absolute atomic E-state index is 0.785. The summed E-state index contributed by atoms with van der Waals surface area (Å²) in [6.45, 7) is 8.40. The molecule has 1 heteroatoms. The van der Waals surface area contributed by atoms with Crippen LogP contribution in [0.15, 0.2) is 0 Å². The molecule has 0 bridgehead atoms. The molecule has 1 aliphatic rings. The lowest BCUT2D eigenvalue weighted by Crippen LogP contribution is -2.36. The number of hydrogen-bond donors (Lipinski definition) is 0. The summed E-state index contributed by atoms with van der Waals surface area (Å²) in [7, 11) is 2.27. The van der Waals surface area contributed by atoms with Crippen molar-refractivity contribution >= 4 is 0 Å². The van der Waals surface area contributed by atoms with Crippen molar-refractivity contribution < 1.29 is 0 Å². The standard InChI is InChI=1S/C11H23N/c1-9(2)11-7-5-6-8-12(4)10(11)3/h9-11H,5-8H2,1-4H3/t10-,11-/m0/s1. The number of rotatable bonds is 1. The topological polar surface area (TPSA) is 3.24 Å². The molecule has 1 rings (SSSR count). The smallest absolute Gasteiger partial charge is 0.00945 e. The van der Waals surface area contributed by atoms with Crippen molar-refractivity contribution in [1.29, 1.82) is 0 Å². The van der Waals surface area contributed by atoms with Crippen molar-refractivity contribution in [2.24, 2.45) is 11.8 Å². The van der Waals surface area contributed by atoms with Crippen LogP contribution in [0.5, 0.6) is 0 Å². The monoisotopic (exact) mass is 169 g/mol. The first-order valence-electron chi connectivity index (χ1n) is 5.33. The lowest BCUT2D eigenvalue weighted by atomic mass is 9.86. The van der Waals surface area contributed by atoms with Crippen molar-refractivity contribution in [3.05, 3.63) is 0 Å². The summed E-state index contributed by atoms with van der Waals surface area (Å²) in [4.78, 5) is 2.53. The molecule has 1 fully saturated rings. The molecule has 1 nitrogen and oxygen atoms in total. The van der Waals surface area contributed by atoms with Crippen LogP contribution < -0.4 is 0 Å². The van der Waals surface area contributed by atoms with Crippen LogP contribution >= 0.6 is 0 Å². The van der Waals surface area contributed by atoms with E-state index in [-0.39, 0.29) is 0 Å². The highest BCUT2D eigenvalue weighted by Crippen LogP contribution is 2.27. The van der Waals surface area contributed by atoms with E-state index in [2.05, 4.69) is 32.7 Å². The summed E-state index contributed by atoms with van der Waals surface area (Å²) >= 11 is 0. The number of hydrogen-bond acceptors (Lipinski definition) is 1. The lowest BCUT2D eigenvalue weighted by molar-refractivity contribution is 0.172. The van der Waals surface area contributed by atoms with Crippen LogP contribution in [0.4, 0.5) is 0 Å². The summed E-state index contributed by atoms with van der Waals surface area (Å²) in [5.41, 5.74) is 0. The fourth-order valence-corrected chi connectivity index (χ4v) is 2.40. The van der Waals surface area contributed by atoms with E-state index in [1.165, 1.54) is 25.8 Å². The van der Waals surface area contributed by atoms with Gasteiger partial charge in [-0.25, -0.2) is 0 Å². The van der Waals surface area contributed by atoms with Crippen molar-refractivity contribution in [1.82, 2.24) is 4.90 Å². The molecule has 0 aromatic carbocycles. The molecule has 0 aromatic rings. The Kier molecular flexibility index (Phi) is 3.57. The Morgan fingerprint density at radius 3 is 2.50 bits per heavy atom. The molecule has 12 heavy (non-hydrogen) atoms. The van der Waals surface area contributed by atoms with Gasteiger partial charge in [-0.15, -0.1) is 0 Å². The zero-order valence-corrected chi connectivity index (χ0v) is 9.01. The molecule has 0 spiro atoms. The van der Waals surface area contributed by atoms with Crippen LogP contribution in [0, 0.1) is 11.8 Å². The highest BCUT2D eigenvalue weighted by atomic mass is 15.1. The van der Waals surface area contributed by atoms with Gasteiger partial charge in [0.15, 0.2) is 0 Å². The maximum atomic E-state index is 2.53. The van der Waals surface area contributed by atoms with Crippen molar-refractivity contribution in [2.45, 2.75) is 46.1 Å². The molecule has 0 unspecified atom stereocenters. The van der Waals surface area contributed by atoms with Crippen molar-refractivity contribution in [2.75, 3.05) is 13.6 Å². The summed E-state index contributed by atoms with van der Waals surface area (Å²) in [5, 5.41) is 0. The van der Waals surface area contributed by atoms with Crippen LogP contribution in [0.3, 0.4) is 0 Å². The predicted octanol–water partition coefficient (Wildman–Crippen LogP) is 2.76. The summed E-state index contributed by atoms with van der Waals surface area (Å²) in [5.74, 6) is 1.76. The van der Waals surface area contributed by atoms with Gasteiger partial charge in [0.2, 0.25) is 0 Å². The third kappa shape index (κ3) is 2.22. The van der Waals surface area contributed by atoms with E-state index < -0.39 is 0 Å². The average molecular weight is 169 g/mol.